The molecule has 2 heterocycles. The van der Waals surface area contributed by atoms with Gasteiger partial charge in [0.1, 0.15) is 24.3 Å². The van der Waals surface area contributed by atoms with Crippen LogP contribution in [-0.4, -0.2) is 29.9 Å². The Kier molecular flexibility index (Phi) is 6.24. The number of carbonyl (C=O) groups is 1. The van der Waals surface area contributed by atoms with Crippen LogP contribution < -0.4 is 14.8 Å². The molecule has 29 heavy (non-hydrogen) atoms. The van der Waals surface area contributed by atoms with Crippen LogP contribution in [0, 0.1) is 18.3 Å². The van der Waals surface area contributed by atoms with Crippen LogP contribution in [0.4, 0.5) is 18.9 Å². The van der Waals surface area contributed by atoms with E-state index in [1.807, 2.05) is 0 Å². The molecule has 0 bridgehead atoms. The fourth-order valence-electron chi connectivity index (χ4n) is 2.56. The standard InChI is InChI=1S/C18H13BrF3N3O3S/c1-9-4-11(18(20,21)22)10(7-23)17(24-9)29-8-16(26)25-13-6-15-14(5-12(13)19)27-2-3-28-15/h4-6H,2-3,8H2,1H3,(H,25,26). The predicted molar refractivity (Wildman–Crippen MR) is 103 cm³/mol. The molecule has 1 aromatic carbocycles. The number of hydrogen-bond donors (Lipinski definition) is 1. The number of hydrogen-bond acceptors (Lipinski definition) is 6. The third-order valence-electron chi connectivity index (χ3n) is 3.78. The smallest absolute Gasteiger partial charge is 0.417 e. The minimum atomic E-state index is -4.69. The van der Waals surface area contributed by atoms with Crippen molar-refractivity contribution in [2.75, 3.05) is 24.3 Å². The van der Waals surface area contributed by atoms with Gasteiger partial charge in [0.15, 0.2) is 11.5 Å². The maximum absolute atomic E-state index is 13.2. The molecule has 1 amide bonds. The molecule has 1 aromatic heterocycles. The molecular weight excluding hydrogens is 475 g/mol. The van der Waals surface area contributed by atoms with E-state index in [2.05, 4.69) is 26.2 Å². The molecular formula is C18H13BrF3N3O3S. The third-order valence-corrected chi connectivity index (χ3v) is 5.41. The van der Waals surface area contributed by atoms with Gasteiger partial charge in [0.2, 0.25) is 5.91 Å². The molecule has 0 fully saturated rings. The number of alkyl halides is 3. The molecule has 0 spiro atoms. The minimum Gasteiger partial charge on any atom is -0.486 e. The second kappa shape index (κ2) is 8.51. The highest BCUT2D eigenvalue weighted by Gasteiger charge is 2.35. The number of fused-ring (bicyclic) bond motifs is 1. The lowest BCUT2D eigenvalue weighted by atomic mass is 10.1. The summed E-state index contributed by atoms with van der Waals surface area (Å²) in [7, 11) is 0. The zero-order valence-corrected chi connectivity index (χ0v) is 17.3. The number of anilines is 1. The second-order valence-corrected chi connectivity index (χ2v) is 7.73. The van der Waals surface area contributed by atoms with Crippen molar-refractivity contribution in [3.63, 3.8) is 0 Å². The molecule has 1 N–H and O–H groups in total. The van der Waals surface area contributed by atoms with E-state index in [0.717, 1.165) is 17.8 Å². The number of nitrogens with one attached hydrogen (secondary N) is 1. The molecule has 1 aliphatic heterocycles. The van der Waals surface area contributed by atoms with Crippen LogP contribution in [0.25, 0.3) is 0 Å². The quantitative estimate of drug-likeness (QED) is 0.637. The predicted octanol–water partition coefficient (Wildman–Crippen LogP) is 4.55. The van der Waals surface area contributed by atoms with Gasteiger partial charge in [-0.3, -0.25) is 4.79 Å². The number of aromatic nitrogens is 1. The maximum Gasteiger partial charge on any atom is 0.417 e. The summed E-state index contributed by atoms with van der Waals surface area (Å²) in [6, 6.07) is 5.60. The average molecular weight is 488 g/mol. The Labute approximate surface area is 176 Å². The van der Waals surface area contributed by atoms with E-state index in [1.165, 1.54) is 6.92 Å². The van der Waals surface area contributed by atoms with Gasteiger partial charge in [0, 0.05) is 22.3 Å². The van der Waals surface area contributed by atoms with Crippen LogP contribution in [-0.2, 0) is 11.0 Å². The zero-order chi connectivity index (χ0) is 21.2. The number of nitriles is 1. The highest BCUT2D eigenvalue weighted by Crippen LogP contribution is 2.39. The van der Waals surface area contributed by atoms with Crippen molar-refractivity contribution < 1.29 is 27.4 Å². The lowest BCUT2D eigenvalue weighted by Crippen LogP contribution is -2.18. The number of benzene rings is 1. The largest absolute Gasteiger partial charge is 0.486 e. The van der Waals surface area contributed by atoms with Crippen molar-refractivity contribution >= 4 is 39.3 Å². The van der Waals surface area contributed by atoms with Crippen LogP contribution in [0.5, 0.6) is 11.5 Å². The highest BCUT2D eigenvalue weighted by atomic mass is 79.9. The zero-order valence-electron chi connectivity index (χ0n) is 14.9. The van der Waals surface area contributed by atoms with Gasteiger partial charge in [-0.2, -0.15) is 18.4 Å². The number of rotatable bonds is 4. The summed E-state index contributed by atoms with van der Waals surface area (Å²) in [6.07, 6.45) is -4.69. The van der Waals surface area contributed by atoms with Crippen molar-refractivity contribution in [1.29, 1.82) is 5.26 Å². The monoisotopic (exact) mass is 487 g/mol. The second-order valence-electron chi connectivity index (χ2n) is 5.91. The highest BCUT2D eigenvalue weighted by molar-refractivity contribution is 9.10. The number of aryl methyl sites for hydroxylation is 1. The average Bonchev–Trinajstić information content (AvgIpc) is 2.65. The molecule has 0 saturated carbocycles. The Morgan fingerprint density at radius 1 is 1.31 bits per heavy atom. The first-order chi connectivity index (χ1) is 13.7. The van der Waals surface area contributed by atoms with Crippen molar-refractivity contribution in [3.8, 4) is 17.6 Å². The number of thioether (sulfide) groups is 1. The van der Waals surface area contributed by atoms with Crippen LogP contribution in [0.1, 0.15) is 16.8 Å². The van der Waals surface area contributed by atoms with Gasteiger partial charge < -0.3 is 14.8 Å². The number of amides is 1. The first-order valence-electron chi connectivity index (χ1n) is 8.19. The van der Waals surface area contributed by atoms with Crippen molar-refractivity contribution in [1.82, 2.24) is 4.98 Å². The molecule has 152 valence electrons. The Bertz CT molecular complexity index is 1010. The van der Waals surface area contributed by atoms with Crippen LogP contribution >= 0.6 is 27.7 Å². The van der Waals surface area contributed by atoms with E-state index in [0.29, 0.717) is 34.9 Å². The molecule has 0 atom stereocenters. The number of pyridine rings is 1. The maximum atomic E-state index is 13.2. The minimum absolute atomic E-state index is 0.105. The van der Waals surface area contributed by atoms with Crippen LogP contribution in [0.3, 0.4) is 0 Å². The molecule has 3 rings (SSSR count). The van der Waals surface area contributed by atoms with Gasteiger partial charge in [-0.05, 0) is 28.9 Å². The number of carbonyl (C=O) groups excluding carboxylic acids is 1. The fourth-order valence-corrected chi connectivity index (χ4v) is 3.83. The number of ether oxygens (including phenoxy) is 2. The van der Waals surface area contributed by atoms with Gasteiger partial charge in [-0.25, -0.2) is 4.98 Å². The molecule has 11 heteroatoms. The Balaban J connectivity index is 1.75. The van der Waals surface area contributed by atoms with E-state index in [1.54, 1.807) is 18.2 Å². The van der Waals surface area contributed by atoms with Crippen LogP contribution in [0.15, 0.2) is 27.7 Å². The number of halogens is 4. The number of nitrogens with zero attached hydrogens (tertiary/aromatic N) is 2. The summed E-state index contributed by atoms with van der Waals surface area (Å²) in [4.78, 5) is 16.3. The molecule has 0 radical (unpaired) electrons. The van der Waals surface area contributed by atoms with E-state index in [4.69, 9.17) is 14.7 Å². The molecule has 1 aliphatic rings. The van der Waals surface area contributed by atoms with E-state index in [-0.39, 0.29) is 16.5 Å². The molecule has 0 unspecified atom stereocenters. The van der Waals surface area contributed by atoms with E-state index in [9.17, 15) is 18.0 Å². The summed E-state index contributed by atoms with van der Waals surface area (Å²) < 4.78 is 51.0. The summed E-state index contributed by atoms with van der Waals surface area (Å²) in [6.45, 7) is 2.20. The Morgan fingerprint density at radius 3 is 2.59 bits per heavy atom. The Morgan fingerprint density at radius 2 is 1.97 bits per heavy atom. The Hall–Kier alpha value is -2.45. The first kappa shape index (κ1) is 21.3. The molecule has 0 saturated heterocycles. The van der Waals surface area contributed by atoms with Gasteiger partial charge in [0.25, 0.3) is 0 Å². The molecule has 2 aromatic rings. The SMILES string of the molecule is Cc1cc(C(F)(F)F)c(C#N)c(SCC(=O)Nc2cc3c(cc2Br)OCCO3)n1. The van der Waals surface area contributed by atoms with Gasteiger partial charge in [-0.15, -0.1) is 0 Å². The van der Waals surface area contributed by atoms with E-state index < -0.39 is 23.2 Å². The molecule has 6 nitrogen and oxygen atoms in total. The van der Waals surface area contributed by atoms with Crippen molar-refractivity contribution in [2.45, 2.75) is 18.1 Å². The fraction of sp³-hybridized carbons (Fsp3) is 0.278. The summed E-state index contributed by atoms with van der Waals surface area (Å²) in [5.41, 5.74) is -1.13. The van der Waals surface area contributed by atoms with Gasteiger partial charge >= 0.3 is 6.18 Å². The van der Waals surface area contributed by atoms with Gasteiger partial charge in [-0.1, -0.05) is 11.8 Å². The third kappa shape index (κ3) is 4.94. The van der Waals surface area contributed by atoms with E-state index >= 15 is 0 Å². The summed E-state index contributed by atoms with van der Waals surface area (Å²) in [5, 5.41) is 11.7. The normalized spacial score (nSPS) is 13.0. The summed E-state index contributed by atoms with van der Waals surface area (Å²) >= 11 is 4.09. The van der Waals surface area contributed by atoms with Crippen molar-refractivity contribution in [3.05, 3.63) is 39.5 Å². The lowest BCUT2D eigenvalue weighted by molar-refractivity contribution is -0.138. The van der Waals surface area contributed by atoms with Gasteiger partial charge in [0.05, 0.1) is 22.6 Å². The molecule has 0 aliphatic carbocycles. The topological polar surface area (TPSA) is 84.2 Å². The summed E-state index contributed by atoms with van der Waals surface area (Å²) in [5.74, 6) is 0.304. The van der Waals surface area contributed by atoms with Crippen LogP contribution in [0.2, 0.25) is 0 Å². The van der Waals surface area contributed by atoms with Crippen molar-refractivity contribution in [2.24, 2.45) is 0 Å². The lowest BCUT2D eigenvalue weighted by Gasteiger charge is -2.20. The first-order valence-corrected chi connectivity index (χ1v) is 9.97.